The van der Waals surface area contributed by atoms with E-state index in [-0.39, 0.29) is 0 Å². The largest absolute Gasteiger partial charge is 0.204 e. The molecule has 0 radical (unpaired) electrons. The summed E-state index contributed by atoms with van der Waals surface area (Å²) < 4.78 is 24.5. The lowest BCUT2D eigenvalue weighted by atomic mass is 10.2. The van der Waals surface area contributed by atoms with Gasteiger partial charge in [0.25, 0.3) is 0 Å². The molecule has 0 atom stereocenters. The quantitative estimate of drug-likeness (QED) is 0.467. The second-order valence-corrected chi connectivity index (χ2v) is 1.77. The first-order chi connectivity index (χ1) is 5.74. The molecule has 0 nitrogen and oxygen atoms in total. The fraction of sp³-hybridized carbons (Fsp3) is 0.111. The van der Waals surface area contributed by atoms with Crippen LogP contribution in [-0.4, -0.2) is 6.26 Å². The first-order valence-corrected chi connectivity index (χ1v) is 4.00. The molecule has 0 aromatic heterocycles. The predicted molar refractivity (Wildman–Crippen MR) is 49.2 cm³/mol. The molecule has 0 fully saturated rings. The molecule has 0 aliphatic heterocycles. The predicted octanol–water partition coefficient (Wildman–Crippen LogP) is 2.49. The molecule has 0 N–H and O–H groups in total. The third kappa shape index (κ3) is 2.93. The van der Waals surface area contributed by atoms with Gasteiger partial charge in [-0.15, -0.1) is 6.42 Å². The zero-order valence-electron chi connectivity index (χ0n) is 6.51. The minimum Gasteiger partial charge on any atom is -0.204 e. The van der Waals surface area contributed by atoms with E-state index in [1.807, 2.05) is 0 Å². The molecule has 0 aliphatic carbocycles. The number of hydrogen-bond acceptors (Lipinski definition) is 1. The van der Waals surface area contributed by atoms with Gasteiger partial charge in [0.2, 0.25) is 0 Å². The summed E-state index contributed by atoms with van der Waals surface area (Å²) in [5, 5.41) is 0. The highest BCUT2D eigenvalue weighted by atomic mass is 32.1. The van der Waals surface area contributed by atoms with Crippen LogP contribution in [0.2, 0.25) is 0 Å². The summed E-state index contributed by atoms with van der Waals surface area (Å²) in [6.07, 6.45) is 6.62. The molecule has 0 bridgehead atoms. The van der Waals surface area contributed by atoms with Gasteiger partial charge < -0.3 is 0 Å². The van der Waals surface area contributed by atoms with Crippen LogP contribution in [0.25, 0.3) is 0 Å². The summed E-state index contributed by atoms with van der Waals surface area (Å²) in [4.78, 5) is 0. The van der Waals surface area contributed by atoms with Crippen LogP contribution in [0.5, 0.6) is 0 Å². The summed E-state index contributed by atoms with van der Waals surface area (Å²) in [5.41, 5.74) is 0.346. The van der Waals surface area contributed by atoms with Gasteiger partial charge in [-0.2, -0.15) is 12.6 Å². The molecule has 0 heterocycles. The van der Waals surface area contributed by atoms with Crippen LogP contribution in [0.3, 0.4) is 0 Å². The zero-order valence-corrected chi connectivity index (χ0v) is 7.41. The van der Waals surface area contributed by atoms with Crippen LogP contribution in [0, 0.1) is 24.0 Å². The molecule has 1 aromatic rings. The van der Waals surface area contributed by atoms with Crippen molar-refractivity contribution < 1.29 is 8.78 Å². The van der Waals surface area contributed by atoms with E-state index >= 15 is 0 Å². The minimum absolute atomic E-state index is 0.346. The Morgan fingerprint density at radius 1 is 1.25 bits per heavy atom. The lowest BCUT2D eigenvalue weighted by Crippen LogP contribution is -1.83. The molecular weight excluding hydrogens is 178 g/mol. The van der Waals surface area contributed by atoms with Crippen LogP contribution in [0.15, 0.2) is 18.2 Å². The average molecular weight is 186 g/mol. The zero-order chi connectivity index (χ0) is 9.56. The Kier molecular flexibility index (Phi) is 5.14. The van der Waals surface area contributed by atoms with Crippen molar-refractivity contribution in [3.05, 3.63) is 35.4 Å². The Bertz CT molecular complexity index is 289. The Hall–Kier alpha value is -1.01. The van der Waals surface area contributed by atoms with Gasteiger partial charge >= 0.3 is 0 Å². The number of rotatable bonds is 0. The molecule has 1 rings (SSSR count). The van der Waals surface area contributed by atoms with E-state index in [0.29, 0.717) is 5.56 Å². The summed E-state index contributed by atoms with van der Waals surface area (Å²) in [5.74, 6) is 0.405. The average Bonchev–Trinajstić information content (AvgIpc) is 2.13. The maximum atomic E-state index is 12.3. The second-order valence-electron chi connectivity index (χ2n) is 1.77. The number of benzene rings is 1. The topological polar surface area (TPSA) is 0 Å². The van der Waals surface area contributed by atoms with Gasteiger partial charge in [-0.1, -0.05) is 5.92 Å². The van der Waals surface area contributed by atoms with Crippen LogP contribution in [0.4, 0.5) is 8.78 Å². The molecule has 0 amide bonds. The van der Waals surface area contributed by atoms with Crippen molar-refractivity contribution in [2.75, 3.05) is 6.26 Å². The molecule has 1 aromatic carbocycles. The Labute approximate surface area is 76.0 Å². The van der Waals surface area contributed by atoms with Crippen LogP contribution >= 0.6 is 12.6 Å². The first-order valence-electron chi connectivity index (χ1n) is 3.10. The van der Waals surface area contributed by atoms with E-state index in [1.54, 1.807) is 6.26 Å². The van der Waals surface area contributed by atoms with Gasteiger partial charge in [0.05, 0.1) is 0 Å². The van der Waals surface area contributed by atoms with Gasteiger partial charge in [-0.25, -0.2) is 8.78 Å². The van der Waals surface area contributed by atoms with Crippen molar-refractivity contribution in [1.82, 2.24) is 0 Å². The van der Waals surface area contributed by atoms with Crippen LogP contribution in [0.1, 0.15) is 5.56 Å². The molecule has 0 saturated carbocycles. The van der Waals surface area contributed by atoms with E-state index in [4.69, 9.17) is 6.42 Å². The Morgan fingerprint density at radius 3 is 2.25 bits per heavy atom. The monoisotopic (exact) mass is 186 g/mol. The highest BCUT2D eigenvalue weighted by molar-refractivity contribution is 7.79. The van der Waals surface area contributed by atoms with Gasteiger partial charge in [-0.3, -0.25) is 0 Å². The van der Waals surface area contributed by atoms with Crippen LogP contribution in [-0.2, 0) is 0 Å². The van der Waals surface area contributed by atoms with E-state index in [9.17, 15) is 8.78 Å². The van der Waals surface area contributed by atoms with Crippen molar-refractivity contribution in [2.24, 2.45) is 0 Å². The molecule has 0 unspecified atom stereocenters. The first kappa shape index (κ1) is 11.0. The highest BCUT2D eigenvalue weighted by Gasteiger charge is 1.98. The van der Waals surface area contributed by atoms with Crippen molar-refractivity contribution in [3.8, 4) is 12.3 Å². The molecule has 64 valence electrons. The van der Waals surface area contributed by atoms with E-state index in [2.05, 4.69) is 18.5 Å². The van der Waals surface area contributed by atoms with Crippen molar-refractivity contribution >= 4 is 12.6 Å². The summed E-state index contributed by atoms with van der Waals surface area (Å²) >= 11 is 3.53. The van der Waals surface area contributed by atoms with E-state index in [0.717, 1.165) is 12.1 Å². The minimum atomic E-state index is -0.907. The third-order valence-electron chi connectivity index (χ3n) is 1.09. The molecule has 12 heavy (non-hydrogen) atoms. The SMILES string of the molecule is C#Cc1ccc(F)c(F)c1.CS. The lowest BCUT2D eigenvalue weighted by molar-refractivity contribution is 0.508. The van der Waals surface area contributed by atoms with E-state index < -0.39 is 11.6 Å². The third-order valence-corrected chi connectivity index (χ3v) is 1.09. The molecule has 0 aliphatic rings. The van der Waals surface area contributed by atoms with Crippen molar-refractivity contribution in [1.29, 1.82) is 0 Å². The normalized spacial score (nSPS) is 7.92. The lowest BCUT2D eigenvalue weighted by Gasteiger charge is -1.91. The Morgan fingerprint density at radius 2 is 1.83 bits per heavy atom. The molecule has 3 heteroatoms. The van der Waals surface area contributed by atoms with Crippen molar-refractivity contribution in [2.45, 2.75) is 0 Å². The number of hydrogen-bond donors (Lipinski definition) is 1. The molecular formula is C9H8F2S. The van der Waals surface area contributed by atoms with Gasteiger partial charge in [0, 0.05) is 5.56 Å². The smallest absolute Gasteiger partial charge is 0.160 e. The maximum absolute atomic E-state index is 12.3. The summed E-state index contributed by atoms with van der Waals surface area (Å²) in [6.45, 7) is 0. The van der Waals surface area contributed by atoms with E-state index in [1.165, 1.54) is 6.07 Å². The highest BCUT2D eigenvalue weighted by Crippen LogP contribution is 2.06. The van der Waals surface area contributed by atoms with Crippen LogP contribution < -0.4 is 0 Å². The number of halogens is 2. The molecule has 0 saturated heterocycles. The van der Waals surface area contributed by atoms with Gasteiger partial charge in [0.15, 0.2) is 11.6 Å². The van der Waals surface area contributed by atoms with Gasteiger partial charge in [-0.05, 0) is 24.5 Å². The summed E-state index contributed by atoms with van der Waals surface area (Å²) in [6, 6.07) is 3.33. The summed E-state index contributed by atoms with van der Waals surface area (Å²) in [7, 11) is 0. The molecule has 0 spiro atoms. The van der Waals surface area contributed by atoms with Gasteiger partial charge in [0.1, 0.15) is 0 Å². The maximum Gasteiger partial charge on any atom is 0.160 e. The second kappa shape index (κ2) is 5.62. The fourth-order valence-electron chi connectivity index (χ4n) is 0.586. The fourth-order valence-corrected chi connectivity index (χ4v) is 0.586. The number of terminal acetylenes is 1. The number of thiol groups is 1. The standard InChI is InChI=1S/C8H4F2.CH4S/c1-2-6-3-4-7(9)8(10)5-6;1-2/h1,3-5H;2H,1H3. The van der Waals surface area contributed by atoms with Crippen molar-refractivity contribution in [3.63, 3.8) is 0 Å². The Balaban J connectivity index is 0.000000561.